The van der Waals surface area contributed by atoms with Gasteiger partial charge in [-0.2, -0.15) is 0 Å². The van der Waals surface area contributed by atoms with E-state index in [2.05, 4.69) is 15.0 Å². The fraction of sp³-hybridized carbons (Fsp3) is 0.643. The van der Waals surface area contributed by atoms with Crippen LogP contribution in [-0.2, 0) is 23.6 Å². The largest absolute Gasteiger partial charge is 0.354 e. The van der Waals surface area contributed by atoms with Crippen LogP contribution >= 0.6 is 11.6 Å². The zero-order valence-corrected chi connectivity index (χ0v) is 16.1. The highest BCUT2D eigenvalue weighted by atomic mass is 35.5. The molecular formula is C14H26ClN5O2S. The molecule has 0 bridgehead atoms. The van der Waals surface area contributed by atoms with Crippen LogP contribution < -0.4 is 10.0 Å². The molecule has 0 aliphatic rings. The number of nitrogens with one attached hydrogen (secondary N) is 2. The van der Waals surface area contributed by atoms with Gasteiger partial charge in [0.15, 0.2) is 5.96 Å². The summed E-state index contributed by atoms with van der Waals surface area (Å²) >= 11 is 5.99. The van der Waals surface area contributed by atoms with Crippen LogP contribution in [0, 0.1) is 0 Å². The van der Waals surface area contributed by atoms with E-state index in [-0.39, 0.29) is 0 Å². The van der Waals surface area contributed by atoms with Crippen LogP contribution in [0.1, 0.15) is 19.5 Å². The minimum Gasteiger partial charge on any atom is -0.354 e. The Balaban J connectivity index is 2.68. The molecule has 1 aromatic rings. The molecule has 0 saturated heterocycles. The first kappa shape index (κ1) is 19.8. The third-order valence-corrected chi connectivity index (χ3v) is 4.33. The van der Waals surface area contributed by atoms with Crippen molar-refractivity contribution in [3.63, 3.8) is 0 Å². The van der Waals surface area contributed by atoms with Gasteiger partial charge in [0.25, 0.3) is 0 Å². The molecule has 0 amide bonds. The normalized spacial score (nSPS) is 13.3. The van der Waals surface area contributed by atoms with Crippen LogP contribution in [0.2, 0.25) is 5.02 Å². The molecule has 7 nitrogen and oxygen atoms in total. The van der Waals surface area contributed by atoms with Crippen LogP contribution in [0.3, 0.4) is 0 Å². The van der Waals surface area contributed by atoms with Crippen molar-refractivity contribution in [2.75, 3.05) is 26.9 Å². The molecule has 2 N–H and O–H groups in total. The third-order valence-electron chi connectivity index (χ3n) is 3.20. The monoisotopic (exact) mass is 363 g/mol. The van der Waals surface area contributed by atoms with Crippen molar-refractivity contribution in [2.24, 2.45) is 12.0 Å². The van der Waals surface area contributed by atoms with E-state index in [4.69, 9.17) is 11.6 Å². The average molecular weight is 364 g/mol. The molecule has 0 fully saturated rings. The predicted molar refractivity (Wildman–Crippen MR) is 95.3 cm³/mol. The van der Waals surface area contributed by atoms with Gasteiger partial charge in [0, 0.05) is 45.1 Å². The summed E-state index contributed by atoms with van der Waals surface area (Å²) in [5, 5.41) is 3.88. The Labute approximate surface area is 143 Å². The van der Waals surface area contributed by atoms with Gasteiger partial charge in [-0.15, -0.1) is 0 Å². The van der Waals surface area contributed by atoms with Crippen molar-refractivity contribution >= 4 is 27.6 Å². The van der Waals surface area contributed by atoms with Crippen molar-refractivity contribution < 1.29 is 8.42 Å². The third kappa shape index (κ3) is 6.80. The van der Waals surface area contributed by atoms with Gasteiger partial charge in [-0.05, 0) is 19.9 Å². The topological polar surface area (TPSA) is 78.7 Å². The number of guanidine groups is 1. The van der Waals surface area contributed by atoms with E-state index in [0.717, 1.165) is 11.9 Å². The minimum atomic E-state index is -3.27. The van der Waals surface area contributed by atoms with Crippen molar-refractivity contribution in [3.8, 4) is 0 Å². The predicted octanol–water partition coefficient (Wildman–Crippen LogP) is 1.01. The highest BCUT2D eigenvalue weighted by Gasteiger charge is 2.23. The summed E-state index contributed by atoms with van der Waals surface area (Å²) in [7, 11) is 2.26. The Bertz CT molecular complexity index is 667. The number of aliphatic imine (C=N–C) groups is 1. The molecule has 1 rings (SSSR count). The Morgan fingerprint density at radius 3 is 2.52 bits per heavy atom. The Kier molecular flexibility index (Phi) is 6.49. The Morgan fingerprint density at radius 2 is 2.09 bits per heavy atom. The molecule has 132 valence electrons. The summed E-state index contributed by atoms with van der Waals surface area (Å²) in [5.74, 6) is 0.672. The summed E-state index contributed by atoms with van der Waals surface area (Å²) in [6.07, 6.45) is 2.99. The van der Waals surface area contributed by atoms with E-state index in [9.17, 15) is 8.42 Å². The number of nitrogens with zero attached hydrogens (tertiary/aromatic N) is 3. The lowest BCUT2D eigenvalue weighted by atomic mass is 10.1. The average Bonchev–Trinajstić information content (AvgIpc) is 2.65. The van der Waals surface area contributed by atoms with Gasteiger partial charge in [-0.25, -0.2) is 13.1 Å². The molecule has 0 atom stereocenters. The number of hydrogen-bond acceptors (Lipinski definition) is 3. The number of aryl methyl sites for hydroxylation is 1. The second-order valence-electron chi connectivity index (χ2n) is 6.28. The standard InChI is InChI=1S/C14H26ClN5O2S/c1-14(2,18-23(6,21)22)10-17-13(16-3)20(5)9-12-7-11(15)8-19(12)4/h7-8,18H,9-10H2,1-6H3,(H,16,17). The number of sulfonamides is 1. The fourth-order valence-electron chi connectivity index (χ4n) is 2.26. The highest BCUT2D eigenvalue weighted by Crippen LogP contribution is 2.14. The maximum atomic E-state index is 11.4. The SMILES string of the molecule is CN=C(NCC(C)(C)NS(C)(=O)=O)N(C)Cc1cc(Cl)cn1C. The summed E-state index contributed by atoms with van der Waals surface area (Å²) in [6.45, 7) is 4.66. The van der Waals surface area contributed by atoms with Gasteiger partial charge in [0.05, 0.1) is 17.8 Å². The van der Waals surface area contributed by atoms with E-state index in [1.807, 2.05) is 49.7 Å². The molecule has 0 radical (unpaired) electrons. The van der Waals surface area contributed by atoms with Crippen LogP contribution in [0.5, 0.6) is 0 Å². The first-order valence-corrected chi connectivity index (χ1v) is 9.42. The number of rotatable bonds is 6. The van der Waals surface area contributed by atoms with E-state index in [1.54, 1.807) is 7.05 Å². The molecular weight excluding hydrogens is 338 g/mol. The smallest absolute Gasteiger partial charge is 0.209 e. The van der Waals surface area contributed by atoms with Crippen LogP contribution in [-0.4, -0.2) is 56.3 Å². The molecule has 0 spiro atoms. The van der Waals surface area contributed by atoms with Crippen molar-refractivity contribution in [2.45, 2.75) is 25.9 Å². The van der Waals surface area contributed by atoms with Gasteiger partial charge in [-0.3, -0.25) is 4.99 Å². The molecule has 1 aromatic heterocycles. The highest BCUT2D eigenvalue weighted by molar-refractivity contribution is 7.88. The lowest BCUT2D eigenvalue weighted by Crippen LogP contribution is -2.53. The van der Waals surface area contributed by atoms with Crippen LogP contribution in [0.4, 0.5) is 0 Å². The second-order valence-corrected chi connectivity index (χ2v) is 8.46. The summed E-state index contributed by atoms with van der Waals surface area (Å²) in [4.78, 5) is 6.18. The first-order valence-electron chi connectivity index (χ1n) is 7.15. The quantitative estimate of drug-likeness (QED) is 0.584. The van der Waals surface area contributed by atoms with E-state index < -0.39 is 15.6 Å². The summed E-state index contributed by atoms with van der Waals surface area (Å²) in [6, 6.07) is 1.90. The van der Waals surface area contributed by atoms with E-state index in [1.165, 1.54) is 0 Å². The molecule has 1 heterocycles. The van der Waals surface area contributed by atoms with Gasteiger partial charge >= 0.3 is 0 Å². The minimum absolute atomic E-state index is 0.408. The van der Waals surface area contributed by atoms with E-state index >= 15 is 0 Å². The van der Waals surface area contributed by atoms with Gasteiger partial charge in [-0.1, -0.05) is 11.6 Å². The van der Waals surface area contributed by atoms with Crippen molar-refractivity contribution in [3.05, 3.63) is 23.0 Å². The molecule has 0 aromatic carbocycles. The van der Waals surface area contributed by atoms with Gasteiger partial charge in [0.2, 0.25) is 10.0 Å². The first-order chi connectivity index (χ1) is 10.4. The second kappa shape index (κ2) is 7.55. The Morgan fingerprint density at radius 1 is 1.48 bits per heavy atom. The van der Waals surface area contributed by atoms with Crippen LogP contribution in [0.25, 0.3) is 0 Å². The number of hydrogen-bond donors (Lipinski definition) is 2. The summed E-state index contributed by atoms with van der Waals surface area (Å²) in [5.41, 5.74) is 0.424. The van der Waals surface area contributed by atoms with Gasteiger partial charge < -0.3 is 14.8 Å². The fourth-order valence-corrected chi connectivity index (χ4v) is 3.61. The molecule has 0 aliphatic carbocycles. The molecule has 0 saturated carbocycles. The molecule has 0 unspecified atom stereocenters. The van der Waals surface area contributed by atoms with Crippen LogP contribution in [0.15, 0.2) is 17.3 Å². The number of aromatic nitrogens is 1. The molecule has 9 heteroatoms. The lowest BCUT2D eigenvalue weighted by Gasteiger charge is -2.29. The number of halogens is 1. The zero-order valence-electron chi connectivity index (χ0n) is 14.5. The maximum absolute atomic E-state index is 11.4. The van der Waals surface area contributed by atoms with Crippen molar-refractivity contribution in [1.29, 1.82) is 0 Å². The lowest BCUT2D eigenvalue weighted by molar-refractivity contribution is 0.418. The molecule has 23 heavy (non-hydrogen) atoms. The Hall–Kier alpha value is -1.25. The zero-order chi connectivity index (χ0) is 17.8. The maximum Gasteiger partial charge on any atom is 0.209 e. The molecule has 0 aliphatic heterocycles. The summed E-state index contributed by atoms with van der Waals surface area (Å²) < 4.78 is 27.3. The van der Waals surface area contributed by atoms with Gasteiger partial charge in [0.1, 0.15) is 0 Å². The van der Waals surface area contributed by atoms with Crippen molar-refractivity contribution in [1.82, 2.24) is 19.5 Å². The van der Waals surface area contributed by atoms with E-state index in [0.29, 0.717) is 24.1 Å².